The molecule has 110 valence electrons. The SMILES string of the molecule is CNC(=O)C1CCCN1Cc1cccc2c1NCC2.Cl. The van der Waals surface area contributed by atoms with Crippen LogP contribution in [0.15, 0.2) is 18.2 Å². The Hall–Kier alpha value is -1.26. The van der Waals surface area contributed by atoms with Gasteiger partial charge in [-0.2, -0.15) is 0 Å². The van der Waals surface area contributed by atoms with Gasteiger partial charge in [-0.15, -0.1) is 12.4 Å². The first kappa shape index (κ1) is 15.1. The van der Waals surface area contributed by atoms with E-state index in [1.165, 1.54) is 16.8 Å². The van der Waals surface area contributed by atoms with Crippen molar-refractivity contribution >= 4 is 24.0 Å². The number of likely N-dealkylation sites (N-methyl/N-ethyl adjacent to an activating group) is 1. The number of halogens is 1. The molecule has 3 rings (SSSR count). The molecule has 0 aromatic heterocycles. The van der Waals surface area contributed by atoms with E-state index in [9.17, 15) is 4.79 Å². The Kier molecular flexibility index (Phi) is 4.89. The summed E-state index contributed by atoms with van der Waals surface area (Å²) in [7, 11) is 1.72. The molecule has 0 bridgehead atoms. The molecule has 2 aliphatic rings. The number of fused-ring (bicyclic) bond motifs is 1. The fraction of sp³-hybridized carbons (Fsp3) is 0.533. The second-order valence-electron chi connectivity index (χ2n) is 5.37. The topological polar surface area (TPSA) is 44.4 Å². The highest BCUT2D eigenvalue weighted by molar-refractivity contribution is 5.85. The molecule has 1 aromatic rings. The first-order valence-corrected chi connectivity index (χ1v) is 7.10. The predicted octanol–water partition coefficient (Wildman–Crippen LogP) is 1.79. The highest BCUT2D eigenvalue weighted by Gasteiger charge is 2.30. The molecule has 5 heteroatoms. The van der Waals surface area contributed by atoms with E-state index in [4.69, 9.17) is 0 Å². The molecule has 1 fully saturated rings. The molecule has 0 saturated carbocycles. The number of carbonyl (C=O) groups excluding carboxylic acids is 1. The van der Waals surface area contributed by atoms with Crippen LogP contribution in [-0.2, 0) is 17.8 Å². The molecular formula is C15H22ClN3O. The number of rotatable bonds is 3. The van der Waals surface area contributed by atoms with Gasteiger partial charge < -0.3 is 10.6 Å². The van der Waals surface area contributed by atoms with E-state index in [-0.39, 0.29) is 24.4 Å². The zero-order valence-electron chi connectivity index (χ0n) is 11.8. The standard InChI is InChI=1S/C15H21N3O.ClH/c1-16-15(19)13-6-3-9-18(13)10-12-5-2-4-11-7-8-17-14(11)12;/h2,4-5,13,17H,3,6-10H2,1H3,(H,16,19);1H. The average molecular weight is 296 g/mol. The summed E-state index contributed by atoms with van der Waals surface area (Å²) in [6.07, 6.45) is 3.20. The van der Waals surface area contributed by atoms with Crippen LogP contribution in [0, 0.1) is 0 Å². The lowest BCUT2D eigenvalue weighted by Gasteiger charge is -2.24. The molecule has 20 heavy (non-hydrogen) atoms. The zero-order valence-corrected chi connectivity index (χ0v) is 12.6. The summed E-state index contributed by atoms with van der Waals surface area (Å²) >= 11 is 0. The Balaban J connectivity index is 0.00000147. The van der Waals surface area contributed by atoms with Crippen LogP contribution in [0.3, 0.4) is 0 Å². The molecule has 4 nitrogen and oxygen atoms in total. The average Bonchev–Trinajstić information content (AvgIpc) is 3.06. The maximum atomic E-state index is 11.9. The minimum absolute atomic E-state index is 0. The van der Waals surface area contributed by atoms with Gasteiger partial charge in [-0.3, -0.25) is 9.69 Å². The largest absolute Gasteiger partial charge is 0.384 e. The van der Waals surface area contributed by atoms with Crippen LogP contribution in [0.25, 0.3) is 0 Å². The van der Waals surface area contributed by atoms with Gasteiger partial charge in [0.2, 0.25) is 5.91 Å². The number of carbonyl (C=O) groups is 1. The van der Waals surface area contributed by atoms with E-state index in [0.29, 0.717) is 0 Å². The third-order valence-corrected chi connectivity index (χ3v) is 4.22. The minimum atomic E-state index is 0. The van der Waals surface area contributed by atoms with Crippen molar-refractivity contribution in [3.05, 3.63) is 29.3 Å². The number of benzene rings is 1. The molecule has 1 aromatic carbocycles. The summed E-state index contributed by atoms with van der Waals surface area (Å²) in [4.78, 5) is 14.2. The maximum Gasteiger partial charge on any atom is 0.237 e. The summed E-state index contributed by atoms with van der Waals surface area (Å²) in [6.45, 7) is 2.92. The van der Waals surface area contributed by atoms with Gasteiger partial charge in [0.25, 0.3) is 0 Å². The van der Waals surface area contributed by atoms with Crippen molar-refractivity contribution < 1.29 is 4.79 Å². The smallest absolute Gasteiger partial charge is 0.237 e. The lowest BCUT2D eigenvalue weighted by molar-refractivity contribution is -0.125. The quantitative estimate of drug-likeness (QED) is 0.893. The summed E-state index contributed by atoms with van der Waals surface area (Å²) in [5.74, 6) is 0.151. The van der Waals surface area contributed by atoms with Gasteiger partial charge in [0.15, 0.2) is 0 Å². The number of likely N-dealkylation sites (tertiary alicyclic amines) is 1. The molecule has 0 spiro atoms. The van der Waals surface area contributed by atoms with Crippen LogP contribution in [0.5, 0.6) is 0 Å². The van der Waals surface area contributed by atoms with Crippen LogP contribution in [-0.4, -0.2) is 37.0 Å². The summed E-state index contributed by atoms with van der Waals surface area (Å²) in [5.41, 5.74) is 4.03. The Labute approximate surface area is 126 Å². The lowest BCUT2D eigenvalue weighted by atomic mass is 10.1. The number of hydrogen-bond acceptors (Lipinski definition) is 3. The van der Waals surface area contributed by atoms with Crippen molar-refractivity contribution in [2.24, 2.45) is 0 Å². The Bertz CT molecular complexity index is 492. The van der Waals surface area contributed by atoms with Crippen molar-refractivity contribution in [3.63, 3.8) is 0 Å². The van der Waals surface area contributed by atoms with Gasteiger partial charge in [-0.25, -0.2) is 0 Å². The Morgan fingerprint density at radius 2 is 2.35 bits per heavy atom. The Morgan fingerprint density at radius 3 is 3.15 bits per heavy atom. The number of nitrogens with one attached hydrogen (secondary N) is 2. The van der Waals surface area contributed by atoms with Gasteiger partial charge >= 0.3 is 0 Å². The fourth-order valence-electron chi connectivity index (χ4n) is 3.24. The molecular weight excluding hydrogens is 274 g/mol. The van der Waals surface area contributed by atoms with E-state index in [1.807, 2.05) is 0 Å². The van der Waals surface area contributed by atoms with Crippen LogP contribution < -0.4 is 10.6 Å². The van der Waals surface area contributed by atoms with Gasteiger partial charge in [-0.05, 0) is 36.9 Å². The van der Waals surface area contributed by atoms with E-state index in [0.717, 1.165) is 38.9 Å². The molecule has 2 aliphatic heterocycles. The van der Waals surface area contributed by atoms with Crippen molar-refractivity contribution in [1.29, 1.82) is 0 Å². The zero-order chi connectivity index (χ0) is 13.2. The number of hydrogen-bond donors (Lipinski definition) is 2. The van der Waals surface area contributed by atoms with Crippen LogP contribution in [0.2, 0.25) is 0 Å². The molecule has 1 atom stereocenters. The van der Waals surface area contributed by atoms with E-state index in [2.05, 4.69) is 33.7 Å². The van der Waals surface area contributed by atoms with Crippen molar-refractivity contribution in [3.8, 4) is 0 Å². The fourth-order valence-corrected chi connectivity index (χ4v) is 3.24. The number of anilines is 1. The molecule has 1 unspecified atom stereocenters. The molecule has 0 aliphatic carbocycles. The first-order chi connectivity index (χ1) is 9.29. The number of amides is 1. The molecule has 2 heterocycles. The van der Waals surface area contributed by atoms with Crippen LogP contribution >= 0.6 is 12.4 Å². The maximum absolute atomic E-state index is 11.9. The van der Waals surface area contributed by atoms with Gasteiger partial charge in [0.1, 0.15) is 0 Å². The van der Waals surface area contributed by atoms with Crippen molar-refractivity contribution in [2.45, 2.75) is 31.8 Å². The third kappa shape index (κ3) is 2.76. The van der Waals surface area contributed by atoms with Gasteiger partial charge in [-0.1, -0.05) is 18.2 Å². The highest BCUT2D eigenvalue weighted by Crippen LogP contribution is 2.29. The second-order valence-corrected chi connectivity index (χ2v) is 5.37. The van der Waals surface area contributed by atoms with E-state index >= 15 is 0 Å². The number of nitrogens with zero attached hydrogens (tertiary/aromatic N) is 1. The van der Waals surface area contributed by atoms with E-state index < -0.39 is 0 Å². The highest BCUT2D eigenvalue weighted by atomic mass is 35.5. The summed E-state index contributed by atoms with van der Waals surface area (Å²) < 4.78 is 0. The monoisotopic (exact) mass is 295 g/mol. The number of para-hydroxylation sites is 1. The van der Waals surface area contributed by atoms with Gasteiger partial charge in [0.05, 0.1) is 6.04 Å². The molecule has 1 amide bonds. The Morgan fingerprint density at radius 1 is 1.50 bits per heavy atom. The van der Waals surface area contributed by atoms with E-state index in [1.54, 1.807) is 7.05 Å². The third-order valence-electron chi connectivity index (χ3n) is 4.22. The summed E-state index contributed by atoms with van der Waals surface area (Å²) in [6, 6.07) is 6.55. The molecule has 1 saturated heterocycles. The first-order valence-electron chi connectivity index (χ1n) is 7.10. The van der Waals surface area contributed by atoms with Crippen LogP contribution in [0.1, 0.15) is 24.0 Å². The normalized spacial score (nSPS) is 20.9. The molecule has 2 N–H and O–H groups in total. The van der Waals surface area contributed by atoms with Crippen molar-refractivity contribution in [2.75, 3.05) is 25.5 Å². The van der Waals surface area contributed by atoms with Gasteiger partial charge in [0, 0.05) is 25.8 Å². The minimum Gasteiger partial charge on any atom is -0.384 e. The van der Waals surface area contributed by atoms with Crippen LogP contribution in [0.4, 0.5) is 5.69 Å². The lowest BCUT2D eigenvalue weighted by Crippen LogP contribution is -2.41. The summed E-state index contributed by atoms with van der Waals surface area (Å²) in [5, 5.41) is 6.25. The predicted molar refractivity (Wildman–Crippen MR) is 83.4 cm³/mol. The second kappa shape index (κ2) is 6.46. The molecule has 0 radical (unpaired) electrons. The van der Waals surface area contributed by atoms with Crippen molar-refractivity contribution in [1.82, 2.24) is 10.2 Å².